The summed E-state index contributed by atoms with van der Waals surface area (Å²) in [5.74, 6) is -0.975. The average molecular weight is 244 g/mol. The lowest BCUT2D eigenvalue weighted by Crippen LogP contribution is -2.36. The van der Waals surface area contributed by atoms with E-state index in [1.807, 2.05) is 0 Å². The summed E-state index contributed by atoms with van der Waals surface area (Å²) < 4.78 is 0. The Bertz CT molecular complexity index is 464. The molecular weight excluding hydrogens is 228 g/mol. The van der Waals surface area contributed by atoms with E-state index in [0.29, 0.717) is 17.4 Å². The van der Waals surface area contributed by atoms with Crippen LogP contribution in [-0.4, -0.2) is 17.4 Å². The van der Waals surface area contributed by atoms with Crippen LogP contribution in [0.15, 0.2) is 49.6 Å². The highest BCUT2D eigenvalue weighted by atomic mass is 16.4. The molecular formula is C15H16O3. The van der Waals surface area contributed by atoms with Crippen molar-refractivity contribution in [3.05, 3.63) is 60.7 Å². The van der Waals surface area contributed by atoms with Crippen molar-refractivity contribution in [2.45, 2.75) is 18.3 Å². The fourth-order valence-corrected chi connectivity index (χ4v) is 2.12. The Morgan fingerprint density at radius 1 is 1.22 bits per heavy atom. The lowest BCUT2D eigenvalue weighted by molar-refractivity contribution is -0.143. The summed E-state index contributed by atoms with van der Waals surface area (Å²) in [5.41, 5.74) is -0.267. The van der Waals surface area contributed by atoms with Gasteiger partial charge < -0.3 is 5.11 Å². The average Bonchev–Trinajstić information content (AvgIpc) is 2.38. The Balaban J connectivity index is 3.49. The van der Waals surface area contributed by atoms with Gasteiger partial charge in [-0.05, 0) is 18.4 Å². The SMILES string of the molecule is C=CCC(CC=C)(C(=O)O)c1ccccc1C=O. The second-order valence-corrected chi connectivity index (χ2v) is 4.08. The van der Waals surface area contributed by atoms with Crippen LogP contribution >= 0.6 is 0 Å². The summed E-state index contributed by atoms with van der Waals surface area (Å²) in [6.45, 7) is 7.21. The Morgan fingerprint density at radius 3 is 2.22 bits per heavy atom. The standard InChI is InChI=1S/C15H16O3/c1-3-9-15(10-4-2,14(17)18)13-8-6-5-7-12(13)11-16/h3-8,11H,1-2,9-10H2,(H,17,18). The van der Waals surface area contributed by atoms with Crippen LogP contribution in [0, 0.1) is 0 Å². The number of hydrogen-bond donors (Lipinski definition) is 1. The highest BCUT2D eigenvalue weighted by Crippen LogP contribution is 2.35. The molecule has 1 rings (SSSR count). The highest BCUT2D eigenvalue weighted by molar-refractivity contribution is 5.87. The van der Waals surface area contributed by atoms with E-state index in [0.717, 1.165) is 0 Å². The molecule has 0 heterocycles. The number of aliphatic carboxylic acids is 1. The van der Waals surface area contributed by atoms with Crippen LogP contribution in [0.5, 0.6) is 0 Å². The van der Waals surface area contributed by atoms with Crippen LogP contribution in [0.4, 0.5) is 0 Å². The van der Waals surface area contributed by atoms with E-state index in [1.165, 1.54) is 0 Å². The van der Waals surface area contributed by atoms with Crippen LogP contribution < -0.4 is 0 Å². The van der Waals surface area contributed by atoms with Gasteiger partial charge in [-0.15, -0.1) is 13.2 Å². The number of allylic oxidation sites excluding steroid dienone is 2. The number of carbonyl (C=O) groups is 2. The molecule has 0 aliphatic carbocycles. The van der Waals surface area contributed by atoms with Crippen LogP contribution in [-0.2, 0) is 10.2 Å². The first-order valence-electron chi connectivity index (χ1n) is 5.62. The monoisotopic (exact) mass is 244 g/mol. The summed E-state index contributed by atoms with van der Waals surface area (Å²) in [7, 11) is 0. The van der Waals surface area contributed by atoms with E-state index < -0.39 is 11.4 Å². The van der Waals surface area contributed by atoms with Gasteiger partial charge in [0.2, 0.25) is 0 Å². The molecule has 3 nitrogen and oxygen atoms in total. The minimum atomic E-state index is -1.17. The van der Waals surface area contributed by atoms with E-state index in [2.05, 4.69) is 13.2 Å². The number of hydrogen-bond acceptors (Lipinski definition) is 2. The van der Waals surface area contributed by atoms with E-state index in [-0.39, 0.29) is 12.8 Å². The molecule has 0 spiro atoms. The second-order valence-electron chi connectivity index (χ2n) is 4.08. The molecule has 1 aromatic rings. The second kappa shape index (κ2) is 5.96. The molecule has 0 saturated heterocycles. The molecule has 0 bridgehead atoms. The van der Waals surface area contributed by atoms with Crippen molar-refractivity contribution in [2.75, 3.05) is 0 Å². The maximum atomic E-state index is 11.7. The Hall–Kier alpha value is -2.16. The van der Waals surface area contributed by atoms with Crippen molar-refractivity contribution in [3.8, 4) is 0 Å². The third-order valence-corrected chi connectivity index (χ3v) is 3.00. The van der Waals surface area contributed by atoms with Crippen molar-refractivity contribution in [1.29, 1.82) is 0 Å². The van der Waals surface area contributed by atoms with Crippen molar-refractivity contribution in [3.63, 3.8) is 0 Å². The minimum Gasteiger partial charge on any atom is -0.481 e. The van der Waals surface area contributed by atoms with E-state index in [1.54, 1.807) is 36.4 Å². The number of aldehydes is 1. The Kier molecular flexibility index (Phi) is 4.60. The molecule has 0 atom stereocenters. The van der Waals surface area contributed by atoms with Gasteiger partial charge in [0.15, 0.2) is 0 Å². The summed E-state index contributed by atoms with van der Waals surface area (Å²) in [5, 5.41) is 9.55. The van der Waals surface area contributed by atoms with Gasteiger partial charge in [-0.1, -0.05) is 36.4 Å². The molecule has 1 N–H and O–H groups in total. The number of rotatable bonds is 7. The van der Waals surface area contributed by atoms with Crippen molar-refractivity contribution >= 4 is 12.3 Å². The van der Waals surface area contributed by atoms with Gasteiger partial charge in [-0.2, -0.15) is 0 Å². The van der Waals surface area contributed by atoms with E-state index in [9.17, 15) is 14.7 Å². The fraction of sp³-hybridized carbons (Fsp3) is 0.200. The van der Waals surface area contributed by atoms with Crippen molar-refractivity contribution < 1.29 is 14.7 Å². The molecule has 0 radical (unpaired) electrons. The summed E-state index contributed by atoms with van der Waals surface area (Å²) in [6, 6.07) is 6.73. The molecule has 94 valence electrons. The maximum Gasteiger partial charge on any atom is 0.314 e. The van der Waals surface area contributed by atoms with E-state index in [4.69, 9.17) is 0 Å². The van der Waals surface area contributed by atoms with Gasteiger partial charge >= 0.3 is 5.97 Å². The first-order valence-corrected chi connectivity index (χ1v) is 5.62. The van der Waals surface area contributed by atoms with Crippen LogP contribution in [0.25, 0.3) is 0 Å². The third kappa shape index (κ3) is 2.40. The van der Waals surface area contributed by atoms with Gasteiger partial charge in [0.05, 0.1) is 0 Å². The molecule has 18 heavy (non-hydrogen) atoms. The topological polar surface area (TPSA) is 54.4 Å². The largest absolute Gasteiger partial charge is 0.481 e. The zero-order valence-corrected chi connectivity index (χ0v) is 10.1. The van der Waals surface area contributed by atoms with Gasteiger partial charge in [0.1, 0.15) is 11.7 Å². The molecule has 0 aromatic heterocycles. The number of carboxylic acids is 1. The molecule has 0 saturated carbocycles. The lowest BCUT2D eigenvalue weighted by atomic mass is 9.73. The molecule has 0 fully saturated rings. The zero-order chi connectivity index (χ0) is 13.6. The van der Waals surface area contributed by atoms with Gasteiger partial charge in [0.25, 0.3) is 0 Å². The summed E-state index contributed by atoms with van der Waals surface area (Å²) >= 11 is 0. The first-order chi connectivity index (χ1) is 8.62. The van der Waals surface area contributed by atoms with Crippen LogP contribution in [0.2, 0.25) is 0 Å². The molecule has 3 heteroatoms. The van der Waals surface area contributed by atoms with Gasteiger partial charge in [-0.3, -0.25) is 9.59 Å². The number of benzene rings is 1. The highest BCUT2D eigenvalue weighted by Gasteiger charge is 2.39. The number of carboxylic acid groups (broad SMARTS) is 1. The lowest BCUT2D eigenvalue weighted by Gasteiger charge is -2.28. The fourth-order valence-electron chi connectivity index (χ4n) is 2.12. The number of carbonyl (C=O) groups excluding carboxylic acids is 1. The summed E-state index contributed by atoms with van der Waals surface area (Å²) in [4.78, 5) is 22.7. The van der Waals surface area contributed by atoms with Crippen molar-refractivity contribution in [1.82, 2.24) is 0 Å². The Morgan fingerprint density at radius 2 is 1.78 bits per heavy atom. The summed E-state index contributed by atoms with van der Waals surface area (Å²) in [6.07, 6.45) is 4.29. The van der Waals surface area contributed by atoms with Gasteiger partial charge in [-0.25, -0.2) is 0 Å². The molecule has 0 aliphatic rings. The smallest absolute Gasteiger partial charge is 0.314 e. The maximum absolute atomic E-state index is 11.7. The minimum absolute atomic E-state index is 0.249. The quantitative estimate of drug-likeness (QED) is 0.592. The van der Waals surface area contributed by atoms with Crippen molar-refractivity contribution in [2.24, 2.45) is 0 Å². The first kappa shape index (κ1) is 13.9. The molecule has 0 aliphatic heterocycles. The predicted octanol–water partition coefficient (Wildman–Crippen LogP) is 2.97. The predicted molar refractivity (Wildman–Crippen MR) is 70.8 cm³/mol. The molecule has 0 amide bonds. The molecule has 0 unspecified atom stereocenters. The Labute approximate surface area is 106 Å². The van der Waals surface area contributed by atoms with E-state index >= 15 is 0 Å². The third-order valence-electron chi connectivity index (χ3n) is 3.00. The van der Waals surface area contributed by atoms with Crippen LogP contribution in [0.3, 0.4) is 0 Å². The van der Waals surface area contributed by atoms with Gasteiger partial charge in [0, 0.05) is 5.56 Å². The normalized spacial score (nSPS) is 10.7. The zero-order valence-electron chi connectivity index (χ0n) is 10.1. The van der Waals surface area contributed by atoms with Crippen LogP contribution in [0.1, 0.15) is 28.8 Å². The molecule has 1 aromatic carbocycles.